The Morgan fingerprint density at radius 1 is 1.32 bits per heavy atom. The van der Waals surface area contributed by atoms with E-state index in [4.69, 9.17) is 17.3 Å². The Balaban J connectivity index is 1.90. The number of hydrogen-bond donors (Lipinski definition) is 3. The summed E-state index contributed by atoms with van der Waals surface area (Å²) in [5, 5.41) is 7.03. The zero-order chi connectivity index (χ0) is 22.6. The van der Waals surface area contributed by atoms with Crippen LogP contribution in [0.5, 0.6) is 0 Å². The summed E-state index contributed by atoms with van der Waals surface area (Å²) in [5.74, 6) is 0.626. The Kier molecular flexibility index (Phi) is 11.1. The molecule has 2 amide bonds. The standard InChI is InChI=1S/C24H37ClN4O2/c1-3-18(4-2)12-15-29-16-13-21(28-22(11-14-26)24(29)31)17-27-23(30)10-7-19-5-8-20(25)9-6-19/h5-10,18,21-22,28H,3-4,11-17,26H2,1-2H3,(H,27,30)/b10-7+/t21-,22-/m0/s1. The highest BCUT2D eigenvalue weighted by molar-refractivity contribution is 6.30. The molecule has 1 heterocycles. The molecule has 0 saturated carbocycles. The van der Waals surface area contributed by atoms with Crippen molar-refractivity contribution < 1.29 is 9.59 Å². The number of nitrogens with two attached hydrogens (primary N) is 1. The molecule has 7 heteroatoms. The number of halogens is 1. The van der Waals surface area contributed by atoms with Crippen LogP contribution in [-0.2, 0) is 9.59 Å². The molecule has 31 heavy (non-hydrogen) atoms. The fourth-order valence-corrected chi connectivity index (χ4v) is 4.03. The van der Waals surface area contributed by atoms with Crippen LogP contribution < -0.4 is 16.4 Å². The average Bonchev–Trinajstić information content (AvgIpc) is 2.92. The van der Waals surface area contributed by atoms with Crippen LogP contribution in [-0.4, -0.2) is 55.0 Å². The molecule has 1 aliphatic heterocycles. The Bertz CT molecular complexity index is 719. The summed E-state index contributed by atoms with van der Waals surface area (Å²) in [7, 11) is 0. The molecule has 0 unspecified atom stereocenters. The van der Waals surface area contributed by atoms with E-state index in [1.54, 1.807) is 18.2 Å². The Morgan fingerprint density at radius 3 is 2.68 bits per heavy atom. The predicted molar refractivity (Wildman–Crippen MR) is 128 cm³/mol. The van der Waals surface area contributed by atoms with Crippen LogP contribution >= 0.6 is 11.6 Å². The van der Waals surface area contributed by atoms with Crippen LogP contribution in [0.1, 0.15) is 51.5 Å². The smallest absolute Gasteiger partial charge is 0.244 e. The molecule has 2 atom stereocenters. The zero-order valence-electron chi connectivity index (χ0n) is 18.8. The van der Waals surface area contributed by atoms with Crippen LogP contribution in [0.3, 0.4) is 0 Å². The van der Waals surface area contributed by atoms with E-state index in [1.807, 2.05) is 17.0 Å². The third-order valence-corrected chi connectivity index (χ3v) is 6.28. The molecule has 0 radical (unpaired) electrons. The van der Waals surface area contributed by atoms with Gasteiger partial charge in [0.05, 0.1) is 6.04 Å². The van der Waals surface area contributed by atoms with Crippen molar-refractivity contribution in [2.45, 2.75) is 58.0 Å². The van der Waals surface area contributed by atoms with E-state index in [1.165, 1.54) is 6.08 Å². The fraction of sp³-hybridized carbons (Fsp3) is 0.583. The van der Waals surface area contributed by atoms with E-state index in [2.05, 4.69) is 24.5 Å². The summed E-state index contributed by atoms with van der Waals surface area (Å²) in [6.45, 7) is 6.82. The SMILES string of the molecule is CCC(CC)CCN1CC[C@@H](CNC(=O)/C=C/c2ccc(Cl)cc2)N[C@@H](CCN)C1=O. The first kappa shape index (κ1) is 25.4. The molecule has 2 rings (SSSR count). The normalized spacial score (nSPS) is 19.8. The lowest BCUT2D eigenvalue weighted by atomic mass is 9.99. The van der Waals surface area contributed by atoms with Gasteiger partial charge in [-0.05, 0) is 55.5 Å². The molecule has 0 bridgehead atoms. The largest absolute Gasteiger partial charge is 0.351 e. The van der Waals surface area contributed by atoms with Crippen LogP contribution in [0, 0.1) is 5.92 Å². The topological polar surface area (TPSA) is 87.5 Å². The van der Waals surface area contributed by atoms with Gasteiger partial charge in [-0.25, -0.2) is 0 Å². The summed E-state index contributed by atoms with van der Waals surface area (Å²) >= 11 is 5.88. The van der Waals surface area contributed by atoms with E-state index in [0.29, 0.717) is 37.0 Å². The van der Waals surface area contributed by atoms with Crippen molar-refractivity contribution in [2.24, 2.45) is 11.7 Å². The molecule has 0 spiro atoms. The van der Waals surface area contributed by atoms with Gasteiger partial charge in [-0.1, -0.05) is 50.4 Å². The quantitative estimate of drug-likeness (QED) is 0.453. The first-order valence-corrected chi connectivity index (χ1v) is 11.8. The lowest BCUT2D eigenvalue weighted by Crippen LogP contribution is -2.49. The van der Waals surface area contributed by atoms with Crippen molar-refractivity contribution >= 4 is 29.5 Å². The number of nitrogens with one attached hydrogen (secondary N) is 2. The van der Waals surface area contributed by atoms with Gasteiger partial charge in [-0.3, -0.25) is 9.59 Å². The molecule has 1 aliphatic rings. The Hall–Kier alpha value is -1.89. The lowest BCUT2D eigenvalue weighted by Gasteiger charge is -2.26. The van der Waals surface area contributed by atoms with Crippen LogP contribution in [0.4, 0.5) is 0 Å². The molecule has 0 aliphatic carbocycles. The first-order chi connectivity index (χ1) is 15.0. The second kappa shape index (κ2) is 13.5. The summed E-state index contributed by atoms with van der Waals surface area (Å²) in [4.78, 5) is 27.2. The van der Waals surface area contributed by atoms with Crippen LogP contribution in [0.2, 0.25) is 5.02 Å². The highest BCUT2D eigenvalue weighted by Crippen LogP contribution is 2.16. The minimum absolute atomic E-state index is 0.0338. The number of carbonyl (C=O) groups is 2. The highest BCUT2D eigenvalue weighted by atomic mass is 35.5. The maximum atomic E-state index is 13.0. The zero-order valence-corrected chi connectivity index (χ0v) is 19.5. The van der Waals surface area contributed by atoms with Crippen molar-refractivity contribution in [3.8, 4) is 0 Å². The molecule has 1 aromatic rings. The number of benzene rings is 1. The summed E-state index contributed by atoms with van der Waals surface area (Å²) in [5.41, 5.74) is 6.67. The minimum Gasteiger partial charge on any atom is -0.351 e. The maximum absolute atomic E-state index is 13.0. The van der Waals surface area contributed by atoms with Gasteiger partial charge in [-0.2, -0.15) is 0 Å². The van der Waals surface area contributed by atoms with E-state index in [-0.39, 0.29) is 23.9 Å². The van der Waals surface area contributed by atoms with E-state index in [0.717, 1.165) is 37.8 Å². The fourth-order valence-electron chi connectivity index (χ4n) is 3.90. The number of carbonyl (C=O) groups excluding carboxylic acids is 2. The van der Waals surface area contributed by atoms with Gasteiger partial charge in [0, 0.05) is 36.8 Å². The highest BCUT2D eigenvalue weighted by Gasteiger charge is 2.30. The van der Waals surface area contributed by atoms with Crippen molar-refractivity contribution in [3.63, 3.8) is 0 Å². The number of amides is 2. The predicted octanol–water partition coefficient (Wildman–Crippen LogP) is 3.20. The monoisotopic (exact) mass is 448 g/mol. The van der Waals surface area contributed by atoms with Gasteiger partial charge in [-0.15, -0.1) is 0 Å². The minimum atomic E-state index is -0.291. The lowest BCUT2D eigenvalue weighted by molar-refractivity contribution is -0.133. The molecule has 0 aromatic heterocycles. The molecule has 6 nitrogen and oxygen atoms in total. The van der Waals surface area contributed by atoms with Gasteiger partial charge in [0.15, 0.2) is 0 Å². The molecule has 1 saturated heterocycles. The second-order valence-electron chi connectivity index (χ2n) is 8.21. The molecular weight excluding hydrogens is 412 g/mol. The molecule has 1 fully saturated rings. The number of rotatable bonds is 11. The first-order valence-electron chi connectivity index (χ1n) is 11.4. The Morgan fingerprint density at radius 2 is 2.03 bits per heavy atom. The van der Waals surface area contributed by atoms with Gasteiger partial charge in [0.2, 0.25) is 11.8 Å². The van der Waals surface area contributed by atoms with E-state index < -0.39 is 0 Å². The van der Waals surface area contributed by atoms with Gasteiger partial charge >= 0.3 is 0 Å². The van der Waals surface area contributed by atoms with Crippen LogP contribution in [0.25, 0.3) is 6.08 Å². The van der Waals surface area contributed by atoms with Gasteiger partial charge < -0.3 is 21.3 Å². The second-order valence-corrected chi connectivity index (χ2v) is 8.65. The molecule has 4 N–H and O–H groups in total. The molecular formula is C24H37ClN4O2. The summed E-state index contributed by atoms with van der Waals surface area (Å²) in [6, 6.07) is 7.04. The summed E-state index contributed by atoms with van der Waals surface area (Å²) < 4.78 is 0. The van der Waals surface area contributed by atoms with Gasteiger partial charge in [0.25, 0.3) is 0 Å². The van der Waals surface area contributed by atoms with Crippen molar-refractivity contribution in [1.29, 1.82) is 0 Å². The third kappa shape index (κ3) is 8.63. The average molecular weight is 449 g/mol. The number of nitrogens with zero attached hydrogens (tertiary/aromatic N) is 1. The van der Waals surface area contributed by atoms with Crippen molar-refractivity contribution in [1.82, 2.24) is 15.5 Å². The maximum Gasteiger partial charge on any atom is 0.244 e. The molecule has 1 aromatic carbocycles. The van der Waals surface area contributed by atoms with Crippen LogP contribution in [0.15, 0.2) is 30.3 Å². The Labute approximate surface area is 191 Å². The molecule has 172 valence electrons. The summed E-state index contributed by atoms with van der Waals surface area (Å²) in [6.07, 6.45) is 7.99. The number of hydrogen-bond acceptors (Lipinski definition) is 4. The van der Waals surface area contributed by atoms with E-state index >= 15 is 0 Å². The van der Waals surface area contributed by atoms with Crippen molar-refractivity contribution in [3.05, 3.63) is 40.9 Å². The van der Waals surface area contributed by atoms with Gasteiger partial charge in [0.1, 0.15) is 0 Å². The third-order valence-electron chi connectivity index (χ3n) is 6.03. The van der Waals surface area contributed by atoms with E-state index in [9.17, 15) is 9.59 Å². The van der Waals surface area contributed by atoms with Crippen molar-refractivity contribution in [2.75, 3.05) is 26.2 Å².